The van der Waals surface area contributed by atoms with Crippen molar-refractivity contribution in [2.45, 2.75) is 69.6 Å². The summed E-state index contributed by atoms with van der Waals surface area (Å²) < 4.78 is 99.4. The Labute approximate surface area is 247 Å². The van der Waals surface area contributed by atoms with Gasteiger partial charge in [-0.2, -0.15) is 18.3 Å². The number of halogens is 7. The number of imidazole rings is 1. The highest BCUT2D eigenvalue weighted by Crippen LogP contribution is 2.32. The summed E-state index contributed by atoms with van der Waals surface area (Å²) in [6.07, 6.45) is 0.390. The lowest BCUT2D eigenvalue weighted by atomic mass is 9.97. The van der Waals surface area contributed by atoms with E-state index < -0.39 is 60.7 Å². The fraction of sp³-hybridized carbons (Fsp3) is 0.577. The summed E-state index contributed by atoms with van der Waals surface area (Å²) in [6, 6.07) is 0.919. The van der Waals surface area contributed by atoms with Gasteiger partial charge in [0.1, 0.15) is 6.26 Å². The summed E-state index contributed by atoms with van der Waals surface area (Å²) in [5, 5.41) is 12.0. The number of fused-ring (bicyclic) bond motifs is 1. The van der Waals surface area contributed by atoms with E-state index in [1.807, 2.05) is 0 Å². The molecule has 1 saturated carbocycles. The molecule has 0 unspecified atom stereocenters. The van der Waals surface area contributed by atoms with Crippen molar-refractivity contribution in [2.75, 3.05) is 27.3 Å². The molecule has 4 heterocycles. The number of methoxy groups -OCH3 is 1. The summed E-state index contributed by atoms with van der Waals surface area (Å²) >= 11 is 0. The van der Waals surface area contributed by atoms with Crippen LogP contribution in [0.2, 0.25) is 0 Å². The van der Waals surface area contributed by atoms with E-state index in [4.69, 9.17) is 0 Å². The van der Waals surface area contributed by atoms with Crippen LogP contribution in [0, 0.1) is 0 Å². The molecule has 0 aromatic carbocycles. The number of rotatable bonds is 6. The molecule has 5 rings (SSSR count). The fourth-order valence-electron chi connectivity index (χ4n) is 4.32. The first-order chi connectivity index (χ1) is 20.6. The van der Waals surface area contributed by atoms with Crippen LogP contribution in [0.1, 0.15) is 59.4 Å². The normalized spacial score (nSPS) is 17.6. The van der Waals surface area contributed by atoms with Crippen molar-refractivity contribution in [3.63, 3.8) is 0 Å². The largest absolute Gasteiger partial charge is 0.393 e. The number of hydrogen-bond donors (Lipinski definition) is 2. The third kappa shape index (κ3) is 10.6. The number of amides is 3. The Kier molecular flexibility index (Phi) is 11.5. The van der Waals surface area contributed by atoms with Gasteiger partial charge in [-0.15, -0.1) is 0 Å². The molecule has 0 bridgehead atoms. The standard InChI is InChI=1S/C18H16F5N7O3.C6H10F2.C2H6O/c19-17(20)8-25-16(32)29(9-17)5-10-1-13-27-12(6-30(13)26-3-10)4-24-15(31)14-11(7-33-28-14)2-18(21,22)23;7-6(8)4-2-1-3-5-6;1-3-2/h1,3,6-7H,2,4-5,8-9H2,(H,24,31)(H,25,32);1-5H2;1-2H3. The smallest absolute Gasteiger partial charge is 0.388 e. The van der Waals surface area contributed by atoms with Crippen molar-refractivity contribution >= 4 is 17.6 Å². The third-order valence-electron chi connectivity index (χ3n) is 6.27. The second kappa shape index (κ2) is 14.7. The Hall–Kier alpha value is -3.96. The minimum absolute atomic E-state index is 0.113. The number of carbonyl (C=O) groups excluding carboxylic acids is 2. The Bertz CT molecular complexity index is 1390. The maximum atomic E-state index is 13.6. The van der Waals surface area contributed by atoms with E-state index in [0.29, 0.717) is 29.7 Å². The van der Waals surface area contributed by atoms with Crippen LogP contribution in [-0.2, 0) is 24.2 Å². The molecule has 0 spiro atoms. The van der Waals surface area contributed by atoms with E-state index in [1.54, 1.807) is 14.2 Å². The third-order valence-corrected chi connectivity index (χ3v) is 6.27. The van der Waals surface area contributed by atoms with Crippen LogP contribution >= 0.6 is 0 Å². The van der Waals surface area contributed by atoms with Gasteiger partial charge in [-0.25, -0.2) is 31.9 Å². The number of alkyl halides is 7. The zero-order chi connectivity index (χ0) is 32.5. The van der Waals surface area contributed by atoms with E-state index in [1.165, 1.54) is 23.0 Å². The molecule has 0 radical (unpaired) electrons. The Balaban J connectivity index is 0.000000408. The first-order valence-corrected chi connectivity index (χ1v) is 13.4. The molecule has 11 nitrogen and oxygen atoms in total. The SMILES string of the molecule is COC.FC1(F)CCCCC1.O=C(NCc1cn2ncc(CN3CC(F)(F)CNC3=O)cc2n1)c1nocc1CC(F)(F)F. The lowest BCUT2D eigenvalue weighted by Crippen LogP contribution is -2.56. The van der Waals surface area contributed by atoms with Gasteiger partial charge in [0.05, 0.1) is 44.1 Å². The zero-order valence-corrected chi connectivity index (χ0v) is 23.9. The van der Waals surface area contributed by atoms with Gasteiger partial charge in [0.25, 0.3) is 11.8 Å². The average molecular weight is 640 g/mol. The Morgan fingerprint density at radius 3 is 2.43 bits per heavy atom. The molecule has 0 atom stereocenters. The number of carbonyl (C=O) groups is 2. The van der Waals surface area contributed by atoms with Crippen LogP contribution in [0.15, 0.2) is 29.2 Å². The van der Waals surface area contributed by atoms with Crippen molar-refractivity contribution in [3.05, 3.63) is 47.2 Å². The highest BCUT2D eigenvalue weighted by molar-refractivity contribution is 5.93. The van der Waals surface area contributed by atoms with Crippen LogP contribution in [0.3, 0.4) is 0 Å². The lowest BCUT2D eigenvalue weighted by Gasteiger charge is -2.32. The molecule has 1 aliphatic carbocycles. The summed E-state index contributed by atoms with van der Waals surface area (Å²) in [6.45, 7) is -1.70. The van der Waals surface area contributed by atoms with Gasteiger partial charge in [0, 0.05) is 39.2 Å². The molecule has 2 fully saturated rings. The molecule has 3 aromatic rings. The Morgan fingerprint density at radius 1 is 1.14 bits per heavy atom. The van der Waals surface area contributed by atoms with Gasteiger partial charge in [-0.1, -0.05) is 11.6 Å². The summed E-state index contributed by atoms with van der Waals surface area (Å²) in [7, 11) is 3.25. The molecular formula is C26H32F7N7O4. The average Bonchev–Trinajstić information content (AvgIpc) is 3.55. The predicted molar refractivity (Wildman–Crippen MR) is 140 cm³/mol. The fourth-order valence-corrected chi connectivity index (χ4v) is 4.32. The van der Waals surface area contributed by atoms with E-state index in [0.717, 1.165) is 17.6 Å². The monoisotopic (exact) mass is 639 g/mol. The van der Waals surface area contributed by atoms with E-state index >= 15 is 0 Å². The quantitative estimate of drug-likeness (QED) is 0.373. The van der Waals surface area contributed by atoms with Crippen molar-refractivity contribution < 1.29 is 49.6 Å². The van der Waals surface area contributed by atoms with Crippen LogP contribution < -0.4 is 10.6 Å². The van der Waals surface area contributed by atoms with Crippen LogP contribution in [0.5, 0.6) is 0 Å². The summed E-state index contributed by atoms with van der Waals surface area (Å²) in [4.78, 5) is 29.2. The molecule has 1 saturated heterocycles. The van der Waals surface area contributed by atoms with Gasteiger partial charge < -0.3 is 24.8 Å². The molecular weight excluding hydrogens is 607 g/mol. The van der Waals surface area contributed by atoms with E-state index in [-0.39, 0.29) is 25.9 Å². The molecule has 2 N–H and O–H groups in total. The number of urea groups is 1. The number of nitrogens with zero attached hydrogens (tertiary/aromatic N) is 5. The van der Waals surface area contributed by atoms with Gasteiger partial charge in [0.2, 0.25) is 5.92 Å². The van der Waals surface area contributed by atoms with Crippen LogP contribution in [-0.4, -0.2) is 81.9 Å². The number of nitrogens with one attached hydrogen (secondary N) is 2. The van der Waals surface area contributed by atoms with Crippen LogP contribution in [0.4, 0.5) is 35.5 Å². The predicted octanol–water partition coefficient (Wildman–Crippen LogP) is 4.76. The van der Waals surface area contributed by atoms with Crippen LogP contribution in [0.25, 0.3) is 5.65 Å². The molecule has 44 heavy (non-hydrogen) atoms. The van der Waals surface area contributed by atoms with Crippen molar-refractivity contribution in [2.24, 2.45) is 0 Å². The number of ether oxygens (including phenoxy) is 1. The molecule has 244 valence electrons. The topological polar surface area (TPSA) is 127 Å². The van der Waals surface area contributed by atoms with E-state index in [9.17, 15) is 40.3 Å². The molecule has 3 amide bonds. The second-order valence-corrected chi connectivity index (χ2v) is 10.3. The zero-order valence-electron chi connectivity index (χ0n) is 23.9. The minimum Gasteiger partial charge on any atom is -0.388 e. The van der Waals surface area contributed by atoms with Gasteiger partial charge in [-0.05, 0) is 24.5 Å². The first kappa shape index (κ1) is 34.5. The molecule has 2 aliphatic rings. The molecule has 18 heteroatoms. The van der Waals surface area contributed by atoms with Crippen molar-refractivity contribution in [1.29, 1.82) is 0 Å². The van der Waals surface area contributed by atoms with Crippen molar-refractivity contribution in [3.8, 4) is 0 Å². The summed E-state index contributed by atoms with van der Waals surface area (Å²) in [5.41, 5.74) is 0.230. The highest BCUT2D eigenvalue weighted by atomic mass is 19.4. The first-order valence-electron chi connectivity index (χ1n) is 13.4. The van der Waals surface area contributed by atoms with Gasteiger partial charge in [0.15, 0.2) is 11.3 Å². The van der Waals surface area contributed by atoms with Gasteiger partial charge >= 0.3 is 12.2 Å². The second-order valence-electron chi connectivity index (χ2n) is 10.3. The molecule has 1 aliphatic heterocycles. The van der Waals surface area contributed by atoms with E-state index in [2.05, 4.69) is 35.1 Å². The highest BCUT2D eigenvalue weighted by Gasteiger charge is 2.39. The summed E-state index contributed by atoms with van der Waals surface area (Å²) in [5.74, 6) is -6.24. The Morgan fingerprint density at radius 2 is 1.82 bits per heavy atom. The number of hydrogen-bond acceptors (Lipinski definition) is 7. The molecule has 3 aromatic heterocycles. The maximum absolute atomic E-state index is 13.6. The maximum Gasteiger partial charge on any atom is 0.393 e. The van der Waals surface area contributed by atoms with Crippen molar-refractivity contribution in [1.82, 2.24) is 35.3 Å². The number of aromatic nitrogens is 4. The lowest BCUT2D eigenvalue weighted by molar-refractivity contribution is -0.127. The minimum atomic E-state index is -4.53. The van der Waals surface area contributed by atoms with Gasteiger partial charge in [-0.3, -0.25) is 4.79 Å².